The molecule has 4 nitrogen and oxygen atoms in total. The van der Waals surface area contributed by atoms with Crippen molar-refractivity contribution < 1.29 is 9.90 Å². The monoisotopic (exact) mass is 286 g/mol. The Kier molecular flexibility index (Phi) is 4.81. The Bertz CT molecular complexity index is 618. The lowest BCUT2D eigenvalue weighted by Gasteiger charge is -2.24. The first-order valence-electron chi connectivity index (χ1n) is 7.15. The number of carbonyl (C=O) groups is 1. The van der Waals surface area contributed by atoms with Crippen LogP contribution in [0.25, 0.3) is 10.8 Å². The Morgan fingerprint density at radius 1 is 1.14 bits per heavy atom. The molecule has 2 rings (SSSR count). The second-order valence-electron chi connectivity index (χ2n) is 5.97. The molecule has 0 saturated heterocycles. The van der Waals surface area contributed by atoms with Crippen molar-refractivity contribution in [3.8, 4) is 0 Å². The minimum atomic E-state index is -0.225. The quantitative estimate of drug-likeness (QED) is 0.789. The summed E-state index contributed by atoms with van der Waals surface area (Å²) in [6.07, 6.45) is 0.654. The van der Waals surface area contributed by atoms with Crippen molar-refractivity contribution in [1.82, 2.24) is 5.32 Å². The van der Waals surface area contributed by atoms with Crippen LogP contribution >= 0.6 is 0 Å². The maximum atomic E-state index is 12.0. The summed E-state index contributed by atoms with van der Waals surface area (Å²) in [5.74, 6) is 0. The molecule has 0 saturated carbocycles. The minimum absolute atomic E-state index is 0.120. The van der Waals surface area contributed by atoms with Gasteiger partial charge in [0.1, 0.15) is 0 Å². The highest BCUT2D eigenvalue weighted by atomic mass is 16.3. The molecule has 0 heterocycles. The third-order valence-corrected chi connectivity index (χ3v) is 3.55. The van der Waals surface area contributed by atoms with Crippen LogP contribution in [0.1, 0.15) is 20.3 Å². The summed E-state index contributed by atoms with van der Waals surface area (Å²) in [5, 5.41) is 16.9. The molecule has 0 bridgehead atoms. The van der Waals surface area contributed by atoms with Gasteiger partial charge in [-0.25, -0.2) is 4.79 Å². The van der Waals surface area contributed by atoms with Gasteiger partial charge in [0, 0.05) is 18.5 Å². The molecule has 0 radical (unpaired) electrons. The number of aliphatic hydroxyl groups excluding tert-OH is 1. The summed E-state index contributed by atoms with van der Waals surface area (Å²) >= 11 is 0. The van der Waals surface area contributed by atoms with Gasteiger partial charge in [-0.05, 0) is 23.3 Å². The van der Waals surface area contributed by atoms with E-state index in [9.17, 15) is 4.79 Å². The van der Waals surface area contributed by atoms with E-state index in [1.54, 1.807) is 0 Å². The van der Waals surface area contributed by atoms with Crippen LogP contribution in [-0.4, -0.2) is 24.3 Å². The number of urea groups is 1. The number of amides is 2. The maximum absolute atomic E-state index is 12.0. The smallest absolute Gasteiger partial charge is 0.319 e. The van der Waals surface area contributed by atoms with E-state index in [2.05, 4.69) is 10.6 Å². The number of aliphatic hydroxyl groups is 1. The Morgan fingerprint density at radius 3 is 2.62 bits per heavy atom. The number of benzene rings is 2. The summed E-state index contributed by atoms with van der Waals surface area (Å²) in [6.45, 7) is 4.67. The zero-order valence-electron chi connectivity index (χ0n) is 12.5. The first kappa shape index (κ1) is 15.3. The highest BCUT2D eigenvalue weighted by molar-refractivity contribution is 6.01. The number of hydrogen-bond donors (Lipinski definition) is 3. The molecule has 3 N–H and O–H groups in total. The molecule has 0 aliphatic heterocycles. The van der Waals surface area contributed by atoms with Gasteiger partial charge in [-0.2, -0.15) is 0 Å². The molecular formula is C17H22N2O2. The van der Waals surface area contributed by atoms with Crippen molar-refractivity contribution in [1.29, 1.82) is 0 Å². The maximum Gasteiger partial charge on any atom is 0.319 e. The van der Waals surface area contributed by atoms with Crippen molar-refractivity contribution >= 4 is 22.5 Å². The van der Waals surface area contributed by atoms with Gasteiger partial charge in [0.05, 0.1) is 5.69 Å². The van der Waals surface area contributed by atoms with Crippen molar-refractivity contribution in [2.24, 2.45) is 5.41 Å². The van der Waals surface area contributed by atoms with Gasteiger partial charge in [-0.3, -0.25) is 0 Å². The first-order valence-corrected chi connectivity index (χ1v) is 7.15. The molecule has 112 valence electrons. The van der Waals surface area contributed by atoms with Crippen molar-refractivity contribution in [2.75, 3.05) is 18.5 Å². The standard InChI is InChI=1S/C17H22N2O2/c1-17(2,10-11-20)12-18-16(21)19-15-9-5-7-13-6-3-4-8-14(13)15/h3-9,20H,10-12H2,1-2H3,(H2,18,19,21). The second-order valence-corrected chi connectivity index (χ2v) is 5.97. The van der Waals surface area contributed by atoms with Crippen LogP contribution in [0.5, 0.6) is 0 Å². The molecule has 0 atom stereocenters. The fourth-order valence-corrected chi connectivity index (χ4v) is 2.21. The van der Waals surface area contributed by atoms with Gasteiger partial charge < -0.3 is 15.7 Å². The van der Waals surface area contributed by atoms with E-state index in [-0.39, 0.29) is 18.1 Å². The predicted molar refractivity (Wildman–Crippen MR) is 86.5 cm³/mol. The molecule has 21 heavy (non-hydrogen) atoms. The van der Waals surface area contributed by atoms with Gasteiger partial charge in [0.25, 0.3) is 0 Å². The van der Waals surface area contributed by atoms with Crippen molar-refractivity contribution in [3.05, 3.63) is 42.5 Å². The average Bonchev–Trinajstić information content (AvgIpc) is 2.46. The van der Waals surface area contributed by atoms with Gasteiger partial charge in [0.15, 0.2) is 0 Å². The molecule has 0 spiro atoms. The Balaban J connectivity index is 2.02. The summed E-state index contributed by atoms with van der Waals surface area (Å²) in [7, 11) is 0. The highest BCUT2D eigenvalue weighted by Gasteiger charge is 2.18. The van der Waals surface area contributed by atoms with Gasteiger partial charge in [-0.15, -0.1) is 0 Å². The summed E-state index contributed by atoms with van der Waals surface area (Å²) in [4.78, 5) is 12.0. The lowest BCUT2D eigenvalue weighted by molar-refractivity contribution is 0.204. The van der Waals surface area contributed by atoms with Crippen LogP contribution in [0.15, 0.2) is 42.5 Å². The predicted octanol–water partition coefficient (Wildman–Crippen LogP) is 3.37. The molecule has 2 aromatic carbocycles. The van der Waals surface area contributed by atoms with Gasteiger partial charge >= 0.3 is 6.03 Å². The van der Waals surface area contributed by atoms with E-state index in [0.717, 1.165) is 16.5 Å². The Hall–Kier alpha value is -2.07. The van der Waals surface area contributed by atoms with Gasteiger partial charge in [0.2, 0.25) is 0 Å². The van der Waals surface area contributed by atoms with Crippen molar-refractivity contribution in [3.63, 3.8) is 0 Å². The average molecular weight is 286 g/mol. The lowest BCUT2D eigenvalue weighted by atomic mass is 9.90. The Morgan fingerprint density at radius 2 is 1.86 bits per heavy atom. The molecule has 2 aromatic rings. The molecule has 0 aliphatic carbocycles. The fraction of sp³-hybridized carbons (Fsp3) is 0.353. The number of nitrogens with one attached hydrogen (secondary N) is 2. The summed E-state index contributed by atoms with van der Waals surface area (Å²) < 4.78 is 0. The molecular weight excluding hydrogens is 264 g/mol. The SMILES string of the molecule is CC(C)(CCO)CNC(=O)Nc1cccc2ccccc12. The fourth-order valence-electron chi connectivity index (χ4n) is 2.21. The lowest BCUT2D eigenvalue weighted by Crippen LogP contribution is -2.37. The number of rotatable bonds is 5. The van der Waals surface area contributed by atoms with Gasteiger partial charge in [-0.1, -0.05) is 50.2 Å². The zero-order chi connectivity index (χ0) is 15.3. The van der Waals surface area contributed by atoms with Crippen LogP contribution < -0.4 is 10.6 Å². The molecule has 0 unspecified atom stereocenters. The molecule has 2 amide bonds. The van der Waals surface area contributed by atoms with E-state index < -0.39 is 0 Å². The van der Waals surface area contributed by atoms with E-state index >= 15 is 0 Å². The second kappa shape index (κ2) is 6.59. The number of hydrogen-bond acceptors (Lipinski definition) is 2. The first-order chi connectivity index (χ1) is 10.0. The normalized spacial score (nSPS) is 11.4. The topological polar surface area (TPSA) is 61.4 Å². The zero-order valence-corrected chi connectivity index (χ0v) is 12.5. The van der Waals surface area contributed by atoms with Crippen LogP contribution in [0, 0.1) is 5.41 Å². The Labute approximate surface area is 125 Å². The van der Waals surface area contributed by atoms with E-state index in [4.69, 9.17) is 5.11 Å². The largest absolute Gasteiger partial charge is 0.396 e. The van der Waals surface area contributed by atoms with Crippen LogP contribution in [0.2, 0.25) is 0 Å². The molecule has 0 fully saturated rings. The van der Waals surface area contributed by atoms with E-state index in [1.807, 2.05) is 56.3 Å². The number of carbonyl (C=O) groups excluding carboxylic acids is 1. The summed E-state index contributed by atoms with van der Waals surface area (Å²) in [5.41, 5.74) is 0.677. The van der Waals surface area contributed by atoms with E-state index in [0.29, 0.717) is 13.0 Å². The van der Waals surface area contributed by atoms with Crippen LogP contribution in [-0.2, 0) is 0 Å². The minimum Gasteiger partial charge on any atom is -0.396 e. The molecule has 0 aliphatic rings. The number of anilines is 1. The van der Waals surface area contributed by atoms with Crippen molar-refractivity contribution in [2.45, 2.75) is 20.3 Å². The third-order valence-electron chi connectivity index (χ3n) is 3.55. The molecule has 0 aromatic heterocycles. The summed E-state index contributed by atoms with van der Waals surface area (Å²) in [6, 6.07) is 13.5. The highest BCUT2D eigenvalue weighted by Crippen LogP contribution is 2.23. The van der Waals surface area contributed by atoms with Crippen LogP contribution in [0.3, 0.4) is 0 Å². The molecule has 4 heteroatoms. The van der Waals surface area contributed by atoms with E-state index in [1.165, 1.54) is 0 Å². The third kappa shape index (κ3) is 4.20. The number of fused-ring (bicyclic) bond motifs is 1. The van der Waals surface area contributed by atoms with Crippen LogP contribution in [0.4, 0.5) is 10.5 Å².